The van der Waals surface area contributed by atoms with Gasteiger partial charge < -0.3 is 5.11 Å². The Morgan fingerprint density at radius 3 is 2.60 bits per heavy atom. The topological polar surface area (TPSA) is 34.3 Å². The quantitative estimate of drug-likeness (QED) is 0.824. The van der Waals surface area contributed by atoms with Crippen molar-refractivity contribution in [3.05, 3.63) is 29.3 Å². The van der Waals surface area contributed by atoms with Crippen molar-refractivity contribution in [3.63, 3.8) is 0 Å². The Labute approximate surface area is 95.3 Å². The minimum Gasteiger partial charge on any atom is -0.393 e. The lowest BCUT2D eigenvalue weighted by Gasteiger charge is -2.25. The van der Waals surface area contributed by atoms with E-state index in [0.717, 1.165) is 36.4 Å². The molecule has 2 nitrogen and oxygen atoms in total. The van der Waals surface area contributed by atoms with Crippen LogP contribution in [0.15, 0.2) is 24.3 Å². The molecule has 0 amide bonds. The molecule has 1 aliphatic rings. The van der Waals surface area contributed by atoms with Crippen molar-refractivity contribution in [3.8, 4) is 0 Å². The summed E-state index contributed by atoms with van der Waals surface area (Å²) in [5, 5.41) is 14.7. The average Bonchev–Trinajstić information content (AvgIpc) is 2.22. The zero-order valence-corrected chi connectivity index (χ0v) is 9.32. The summed E-state index contributed by atoms with van der Waals surface area (Å²) in [6.07, 6.45) is 3.58. The second-order valence-electron chi connectivity index (χ2n) is 4.07. The first-order valence-corrected chi connectivity index (χ1v) is 5.76. The van der Waals surface area contributed by atoms with Crippen molar-refractivity contribution in [2.24, 2.45) is 0 Å². The number of benzene rings is 1. The summed E-state index contributed by atoms with van der Waals surface area (Å²) in [6.45, 7) is 0. The molecule has 81 valence electrons. The van der Waals surface area contributed by atoms with Crippen LogP contribution in [0, 0.1) is 0 Å². The van der Waals surface area contributed by atoms with Gasteiger partial charge in [-0.1, -0.05) is 17.7 Å². The zero-order valence-electron chi connectivity index (χ0n) is 8.56. The molecule has 15 heavy (non-hydrogen) atoms. The number of halogens is 1. The lowest BCUT2D eigenvalue weighted by Crippen LogP contribution is -2.27. The van der Waals surface area contributed by atoms with E-state index in [0.29, 0.717) is 6.04 Å². The van der Waals surface area contributed by atoms with E-state index in [1.54, 1.807) is 0 Å². The first-order valence-electron chi connectivity index (χ1n) is 5.38. The minimum absolute atomic E-state index is 0.115. The van der Waals surface area contributed by atoms with E-state index in [4.69, 9.17) is 11.6 Å². The highest BCUT2D eigenvalue weighted by Crippen LogP contribution is 2.23. The van der Waals surface area contributed by atoms with E-state index in [2.05, 4.69) is 5.32 Å². The van der Waals surface area contributed by atoms with Gasteiger partial charge in [0.25, 0.3) is 0 Å². The number of rotatable bonds is 2. The van der Waals surface area contributed by atoms with Gasteiger partial charge in [-0.3, -0.25) is 5.32 Å². The molecule has 0 unspecified atom stereocenters. The summed E-state index contributed by atoms with van der Waals surface area (Å²) in [7, 11) is 0. The van der Waals surface area contributed by atoms with Gasteiger partial charge in [-0.2, -0.15) is 0 Å². The van der Waals surface area contributed by atoms with Gasteiger partial charge in [0.2, 0.25) is 0 Å². The first kappa shape index (κ1) is 10.8. The van der Waals surface area contributed by atoms with Gasteiger partial charge in [-0.25, -0.2) is 0 Å². The Morgan fingerprint density at radius 2 is 1.93 bits per heavy atom. The smallest absolute Gasteiger partial charge is 0.0592 e. The van der Waals surface area contributed by atoms with E-state index >= 15 is 0 Å². The van der Waals surface area contributed by atoms with E-state index in [1.165, 1.54) is 0 Å². The van der Waals surface area contributed by atoms with Crippen molar-refractivity contribution in [2.45, 2.75) is 37.8 Å². The Hall–Kier alpha value is -0.730. The van der Waals surface area contributed by atoms with Crippen molar-refractivity contribution in [2.75, 3.05) is 0 Å². The SMILES string of the molecule is O[C@H]1CC[C@H]([N]c2cccc(Cl)c2)CC1. The molecular formula is C12H15ClNO. The Balaban J connectivity index is 1.92. The molecule has 2 rings (SSSR count). The van der Waals surface area contributed by atoms with Crippen molar-refractivity contribution < 1.29 is 5.11 Å². The number of hydrogen-bond acceptors (Lipinski definition) is 1. The van der Waals surface area contributed by atoms with Gasteiger partial charge in [-0.05, 0) is 43.9 Å². The molecule has 0 saturated heterocycles. The van der Waals surface area contributed by atoms with Crippen LogP contribution in [0.1, 0.15) is 25.7 Å². The second-order valence-corrected chi connectivity index (χ2v) is 4.51. The van der Waals surface area contributed by atoms with Gasteiger partial charge in [-0.15, -0.1) is 0 Å². The van der Waals surface area contributed by atoms with Crippen molar-refractivity contribution >= 4 is 17.3 Å². The summed E-state index contributed by atoms with van der Waals surface area (Å²) >= 11 is 5.89. The number of nitrogens with zero attached hydrogens (tertiary/aromatic N) is 1. The van der Waals surface area contributed by atoms with Crippen LogP contribution in [0.3, 0.4) is 0 Å². The van der Waals surface area contributed by atoms with Crippen LogP contribution in [-0.4, -0.2) is 17.3 Å². The second kappa shape index (κ2) is 4.86. The third-order valence-electron chi connectivity index (χ3n) is 2.81. The highest BCUT2D eigenvalue weighted by atomic mass is 35.5. The predicted molar refractivity (Wildman–Crippen MR) is 61.5 cm³/mol. The summed E-state index contributed by atoms with van der Waals surface area (Å²) < 4.78 is 0. The summed E-state index contributed by atoms with van der Waals surface area (Å²) in [5.41, 5.74) is 0.948. The van der Waals surface area contributed by atoms with Crippen LogP contribution in [-0.2, 0) is 0 Å². The Morgan fingerprint density at radius 1 is 1.20 bits per heavy atom. The van der Waals surface area contributed by atoms with Gasteiger partial charge in [0.15, 0.2) is 0 Å². The molecular weight excluding hydrogens is 210 g/mol. The van der Waals surface area contributed by atoms with Crippen LogP contribution in [0.4, 0.5) is 5.69 Å². The van der Waals surface area contributed by atoms with Crippen molar-refractivity contribution in [1.29, 1.82) is 0 Å². The van der Waals surface area contributed by atoms with E-state index < -0.39 is 0 Å². The van der Waals surface area contributed by atoms with Gasteiger partial charge in [0, 0.05) is 5.02 Å². The molecule has 3 heteroatoms. The average molecular weight is 225 g/mol. The summed E-state index contributed by atoms with van der Waals surface area (Å²) in [5.74, 6) is 0. The van der Waals surface area contributed by atoms with Gasteiger partial charge in [0.05, 0.1) is 17.8 Å². The molecule has 0 heterocycles. The molecule has 1 aliphatic carbocycles. The minimum atomic E-state index is -0.115. The summed E-state index contributed by atoms with van der Waals surface area (Å²) in [4.78, 5) is 0. The van der Waals surface area contributed by atoms with E-state index in [-0.39, 0.29) is 6.10 Å². The number of aliphatic hydroxyl groups excluding tert-OH is 1. The lowest BCUT2D eigenvalue weighted by atomic mass is 9.93. The predicted octanol–water partition coefficient (Wildman–Crippen LogP) is 2.88. The molecule has 0 atom stereocenters. The maximum atomic E-state index is 9.37. The van der Waals surface area contributed by atoms with Crippen LogP contribution in [0.25, 0.3) is 0 Å². The van der Waals surface area contributed by atoms with Crippen LogP contribution >= 0.6 is 11.6 Å². The molecule has 1 fully saturated rings. The fourth-order valence-electron chi connectivity index (χ4n) is 1.95. The third-order valence-corrected chi connectivity index (χ3v) is 3.04. The van der Waals surface area contributed by atoms with Gasteiger partial charge in [0.1, 0.15) is 0 Å². The van der Waals surface area contributed by atoms with Crippen molar-refractivity contribution in [1.82, 2.24) is 5.32 Å². The van der Waals surface area contributed by atoms with Crippen LogP contribution < -0.4 is 5.32 Å². The standard InChI is InChI=1S/C12H15ClNO/c13-9-2-1-3-11(8-9)14-10-4-6-12(15)7-5-10/h1-3,8,10,12,15H,4-7H2/t10-,12-. The monoisotopic (exact) mass is 224 g/mol. The molecule has 0 spiro atoms. The lowest BCUT2D eigenvalue weighted by molar-refractivity contribution is 0.119. The molecule has 1 radical (unpaired) electrons. The zero-order chi connectivity index (χ0) is 10.7. The third kappa shape index (κ3) is 3.11. The molecule has 0 bridgehead atoms. The molecule has 1 aromatic carbocycles. The fraction of sp³-hybridized carbons (Fsp3) is 0.500. The Kier molecular flexibility index (Phi) is 3.49. The summed E-state index contributed by atoms with van der Waals surface area (Å²) in [6, 6.07) is 7.97. The fourth-order valence-corrected chi connectivity index (χ4v) is 2.14. The molecule has 1 saturated carbocycles. The van der Waals surface area contributed by atoms with Crippen LogP contribution in [0.2, 0.25) is 5.02 Å². The van der Waals surface area contributed by atoms with Gasteiger partial charge >= 0.3 is 0 Å². The molecule has 0 aliphatic heterocycles. The highest BCUT2D eigenvalue weighted by molar-refractivity contribution is 6.30. The molecule has 0 aromatic heterocycles. The van der Waals surface area contributed by atoms with E-state index in [9.17, 15) is 5.11 Å². The maximum absolute atomic E-state index is 9.37. The Bertz CT molecular complexity index is 321. The normalized spacial score (nSPS) is 26.3. The number of aliphatic hydroxyl groups is 1. The first-order chi connectivity index (χ1) is 7.24. The molecule has 1 N–H and O–H groups in total. The largest absolute Gasteiger partial charge is 0.393 e. The highest BCUT2D eigenvalue weighted by Gasteiger charge is 2.20. The maximum Gasteiger partial charge on any atom is 0.0592 e. The van der Waals surface area contributed by atoms with E-state index in [1.807, 2.05) is 24.3 Å². The molecule has 1 aromatic rings. The number of hydrogen-bond donors (Lipinski definition) is 1. The van der Waals surface area contributed by atoms with Crippen LogP contribution in [0.5, 0.6) is 0 Å².